The second kappa shape index (κ2) is 7.59. The van der Waals surface area contributed by atoms with Gasteiger partial charge < -0.3 is 9.88 Å². The number of carbonyl (C=O) groups is 1. The highest BCUT2D eigenvalue weighted by atomic mass is 32.2. The Morgan fingerprint density at radius 2 is 2.08 bits per heavy atom. The third-order valence-corrected chi connectivity index (χ3v) is 5.07. The number of benzene rings is 1. The Kier molecular flexibility index (Phi) is 5.27. The van der Waals surface area contributed by atoms with E-state index in [-0.39, 0.29) is 17.5 Å². The van der Waals surface area contributed by atoms with Crippen molar-refractivity contribution >= 4 is 34.7 Å². The summed E-state index contributed by atoms with van der Waals surface area (Å²) in [6.07, 6.45) is 0. The van der Waals surface area contributed by atoms with E-state index < -0.39 is 0 Å². The van der Waals surface area contributed by atoms with Crippen LogP contribution >= 0.6 is 23.1 Å². The molecule has 2 heterocycles. The van der Waals surface area contributed by atoms with Gasteiger partial charge in [0.05, 0.1) is 10.6 Å². The lowest BCUT2D eigenvalue weighted by Crippen LogP contribution is -2.14. The van der Waals surface area contributed by atoms with Gasteiger partial charge >= 0.3 is 0 Å². The van der Waals surface area contributed by atoms with Gasteiger partial charge in [0.1, 0.15) is 5.82 Å². The third kappa shape index (κ3) is 3.82. The maximum Gasteiger partial charge on any atom is 0.234 e. The van der Waals surface area contributed by atoms with Gasteiger partial charge in [-0.3, -0.25) is 4.79 Å². The molecule has 5 nitrogen and oxygen atoms in total. The van der Waals surface area contributed by atoms with E-state index in [0.717, 1.165) is 17.2 Å². The van der Waals surface area contributed by atoms with Crippen LogP contribution in [-0.2, 0) is 11.3 Å². The predicted octanol–water partition coefficient (Wildman–Crippen LogP) is 3.90. The van der Waals surface area contributed by atoms with Crippen LogP contribution in [0, 0.1) is 5.82 Å². The van der Waals surface area contributed by atoms with Crippen LogP contribution in [0.1, 0.15) is 6.92 Å². The van der Waals surface area contributed by atoms with Crippen LogP contribution in [0.25, 0.3) is 10.7 Å². The minimum atomic E-state index is -0.334. The molecule has 1 aromatic carbocycles. The highest BCUT2D eigenvalue weighted by Crippen LogP contribution is 2.27. The van der Waals surface area contributed by atoms with Gasteiger partial charge in [-0.05, 0) is 42.6 Å². The summed E-state index contributed by atoms with van der Waals surface area (Å²) >= 11 is 2.93. The summed E-state index contributed by atoms with van der Waals surface area (Å²) in [7, 11) is 0. The molecule has 0 atom stereocenters. The average Bonchev–Trinajstić information content (AvgIpc) is 3.23. The largest absolute Gasteiger partial charge is 0.325 e. The molecule has 0 unspecified atom stereocenters. The molecule has 3 aromatic rings. The summed E-state index contributed by atoms with van der Waals surface area (Å²) in [5.41, 5.74) is 0.568. The van der Waals surface area contributed by atoms with E-state index in [1.807, 2.05) is 29.0 Å². The van der Waals surface area contributed by atoms with Crippen LogP contribution in [0.4, 0.5) is 10.1 Å². The molecule has 0 aliphatic carbocycles. The maximum atomic E-state index is 12.9. The molecule has 0 saturated heterocycles. The van der Waals surface area contributed by atoms with E-state index in [4.69, 9.17) is 0 Å². The first-order chi connectivity index (χ1) is 11.7. The molecule has 124 valence electrons. The lowest BCUT2D eigenvalue weighted by atomic mass is 10.3. The normalized spacial score (nSPS) is 10.8. The molecule has 24 heavy (non-hydrogen) atoms. The summed E-state index contributed by atoms with van der Waals surface area (Å²) in [6, 6.07) is 9.64. The van der Waals surface area contributed by atoms with Crippen molar-refractivity contribution in [2.45, 2.75) is 18.6 Å². The van der Waals surface area contributed by atoms with Gasteiger partial charge in [0, 0.05) is 12.2 Å². The second-order valence-corrected chi connectivity index (χ2v) is 6.76. The van der Waals surface area contributed by atoms with Crippen molar-refractivity contribution in [1.29, 1.82) is 0 Å². The summed E-state index contributed by atoms with van der Waals surface area (Å²) < 4.78 is 14.8. The maximum absolute atomic E-state index is 12.9. The Bertz CT molecular complexity index is 815. The van der Waals surface area contributed by atoms with Gasteiger partial charge in [-0.1, -0.05) is 17.8 Å². The number of aromatic nitrogens is 3. The monoisotopic (exact) mass is 362 g/mol. The molecular weight excluding hydrogens is 347 g/mol. The molecule has 0 spiro atoms. The summed E-state index contributed by atoms with van der Waals surface area (Å²) in [5, 5.41) is 13.8. The zero-order chi connectivity index (χ0) is 16.9. The molecule has 0 aliphatic heterocycles. The number of hydrogen-bond donors (Lipinski definition) is 1. The summed E-state index contributed by atoms with van der Waals surface area (Å²) in [4.78, 5) is 13.1. The van der Waals surface area contributed by atoms with E-state index in [1.165, 1.54) is 36.0 Å². The zero-order valence-electron chi connectivity index (χ0n) is 12.9. The fourth-order valence-electron chi connectivity index (χ4n) is 2.13. The fourth-order valence-corrected chi connectivity index (χ4v) is 3.65. The highest BCUT2D eigenvalue weighted by molar-refractivity contribution is 7.99. The molecule has 0 fully saturated rings. The molecule has 2 aromatic heterocycles. The van der Waals surface area contributed by atoms with Crippen molar-refractivity contribution in [3.63, 3.8) is 0 Å². The van der Waals surface area contributed by atoms with E-state index in [1.54, 1.807) is 11.3 Å². The van der Waals surface area contributed by atoms with Gasteiger partial charge in [-0.2, -0.15) is 0 Å². The molecule has 1 N–H and O–H groups in total. The molecular formula is C16H15FN4OS2. The predicted molar refractivity (Wildman–Crippen MR) is 94.8 cm³/mol. The number of halogens is 1. The van der Waals surface area contributed by atoms with E-state index in [0.29, 0.717) is 10.8 Å². The fraction of sp³-hybridized carbons (Fsp3) is 0.188. The lowest BCUT2D eigenvalue weighted by Gasteiger charge is -2.07. The second-order valence-electron chi connectivity index (χ2n) is 4.87. The first kappa shape index (κ1) is 16.7. The van der Waals surface area contributed by atoms with Crippen LogP contribution in [0.3, 0.4) is 0 Å². The molecule has 0 bridgehead atoms. The number of hydrogen-bond acceptors (Lipinski definition) is 5. The van der Waals surface area contributed by atoms with Crippen LogP contribution in [-0.4, -0.2) is 26.4 Å². The number of nitrogens with one attached hydrogen (secondary N) is 1. The van der Waals surface area contributed by atoms with Crippen molar-refractivity contribution in [3.8, 4) is 10.7 Å². The third-order valence-electron chi connectivity index (χ3n) is 3.23. The number of thiophene rings is 1. The molecule has 0 radical (unpaired) electrons. The van der Waals surface area contributed by atoms with Crippen LogP contribution in [0.15, 0.2) is 46.9 Å². The minimum Gasteiger partial charge on any atom is -0.325 e. The molecule has 1 amide bonds. The smallest absolute Gasteiger partial charge is 0.234 e. The van der Waals surface area contributed by atoms with E-state index >= 15 is 0 Å². The van der Waals surface area contributed by atoms with Gasteiger partial charge in [-0.25, -0.2) is 4.39 Å². The lowest BCUT2D eigenvalue weighted by molar-refractivity contribution is -0.113. The summed E-state index contributed by atoms with van der Waals surface area (Å²) in [5.74, 6) is 0.517. The van der Waals surface area contributed by atoms with Crippen molar-refractivity contribution in [2.24, 2.45) is 0 Å². The van der Waals surface area contributed by atoms with Crippen molar-refractivity contribution in [1.82, 2.24) is 14.8 Å². The SMILES string of the molecule is CCn1c(SCC(=O)Nc2ccc(F)cc2)nnc1-c1cccs1. The Labute approximate surface area is 146 Å². The molecule has 0 aliphatic rings. The molecule has 0 saturated carbocycles. The highest BCUT2D eigenvalue weighted by Gasteiger charge is 2.15. The quantitative estimate of drug-likeness (QED) is 0.676. The first-order valence-electron chi connectivity index (χ1n) is 7.32. The number of nitrogens with zero attached hydrogens (tertiary/aromatic N) is 3. The first-order valence-corrected chi connectivity index (χ1v) is 9.19. The molecule has 3 rings (SSSR count). The van der Waals surface area contributed by atoms with Gasteiger partial charge in [-0.15, -0.1) is 21.5 Å². The number of rotatable bonds is 6. The van der Waals surface area contributed by atoms with E-state index in [2.05, 4.69) is 15.5 Å². The van der Waals surface area contributed by atoms with E-state index in [9.17, 15) is 9.18 Å². The Morgan fingerprint density at radius 3 is 2.75 bits per heavy atom. The van der Waals surface area contributed by atoms with Gasteiger partial charge in [0.15, 0.2) is 11.0 Å². The number of carbonyl (C=O) groups excluding carboxylic acids is 1. The van der Waals surface area contributed by atoms with Crippen LogP contribution in [0.5, 0.6) is 0 Å². The average molecular weight is 362 g/mol. The molecule has 8 heteroatoms. The Balaban J connectivity index is 1.64. The van der Waals surface area contributed by atoms with Gasteiger partial charge in [0.25, 0.3) is 0 Å². The van der Waals surface area contributed by atoms with Crippen molar-refractivity contribution < 1.29 is 9.18 Å². The Morgan fingerprint density at radius 1 is 1.29 bits per heavy atom. The topological polar surface area (TPSA) is 59.8 Å². The number of amides is 1. The van der Waals surface area contributed by atoms with Crippen molar-refractivity contribution in [2.75, 3.05) is 11.1 Å². The minimum absolute atomic E-state index is 0.171. The van der Waals surface area contributed by atoms with Crippen molar-refractivity contribution in [3.05, 3.63) is 47.6 Å². The standard InChI is InChI=1S/C16H15FN4OS2/c1-2-21-15(13-4-3-9-23-13)19-20-16(21)24-10-14(22)18-12-7-5-11(17)6-8-12/h3-9H,2,10H2,1H3,(H,18,22). The van der Waals surface area contributed by atoms with Crippen LogP contribution < -0.4 is 5.32 Å². The van der Waals surface area contributed by atoms with Gasteiger partial charge in [0.2, 0.25) is 5.91 Å². The summed E-state index contributed by atoms with van der Waals surface area (Å²) in [6.45, 7) is 2.74. The Hall–Kier alpha value is -2.19. The number of anilines is 1. The number of thioether (sulfide) groups is 1. The van der Waals surface area contributed by atoms with Crippen LogP contribution in [0.2, 0.25) is 0 Å². The zero-order valence-corrected chi connectivity index (χ0v) is 14.5.